The average molecular weight is 835 g/mol. The van der Waals surface area contributed by atoms with Gasteiger partial charge in [-0.3, -0.25) is 9.59 Å². The number of esters is 2. The van der Waals surface area contributed by atoms with Gasteiger partial charge in [-0.15, -0.1) is 0 Å². The number of nitrogens with one attached hydrogen (secondary N) is 3. The molecule has 0 saturated carbocycles. The molecule has 2 amide bonds. The lowest BCUT2D eigenvalue weighted by Gasteiger charge is -2.21. The summed E-state index contributed by atoms with van der Waals surface area (Å²) in [6, 6.07) is -0.894. The van der Waals surface area contributed by atoms with Crippen LogP contribution in [0.4, 0.5) is 4.79 Å². The molecule has 14 heteroatoms. The number of amides is 2. The highest BCUT2D eigenvalue weighted by atomic mass is 16.6. The molecule has 324 valence electrons. The molecule has 0 aromatic heterocycles. The van der Waals surface area contributed by atoms with Gasteiger partial charge in [-0.1, -0.05) is 26.5 Å². The van der Waals surface area contributed by atoms with E-state index in [1.54, 1.807) is 26.8 Å². The lowest BCUT2D eigenvalue weighted by Crippen LogP contribution is -2.41. The molecule has 6 aliphatic rings. The Morgan fingerprint density at radius 1 is 0.967 bits per heavy atom. The number of aliphatic imine (C=N–C) groups is 3. The minimum Gasteiger partial charge on any atom is -0.510 e. The summed E-state index contributed by atoms with van der Waals surface area (Å²) >= 11 is 0. The SMILES string of the molecule is C=CC1=C(C)C2=NC1=CC1=NC(=CC3=C(C)C4=C(O)[C@H](C(=O)OC)C(=C5NC(=C2)[C@@H](C)[C@@H]5CCC(=O)N[C@@H](CCCCNC(=O)OC(C)(C)C)C(=O)OC)C4=N3)C(CC)=C1C. The molecule has 1 fully saturated rings. The van der Waals surface area contributed by atoms with Crippen LogP contribution in [0.25, 0.3) is 0 Å². The number of methoxy groups -OCH3 is 2. The molecule has 0 radical (unpaired) electrons. The topological polar surface area (TPSA) is 189 Å². The van der Waals surface area contributed by atoms with Crippen LogP contribution in [0.3, 0.4) is 0 Å². The number of hydrogen-bond donors (Lipinski definition) is 4. The van der Waals surface area contributed by atoms with Crippen LogP contribution in [-0.4, -0.2) is 78.6 Å². The van der Waals surface area contributed by atoms with E-state index in [1.807, 2.05) is 39.0 Å². The van der Waals surface area contributed by atoms with Crippen molar-refractivity contribution in [2.24, 2.45) is 32.7 Å². The third-order valence-electron chi connectivity index (χ3n) is 12.0. The van der Waals surface area contributed by atoms with Crippen LogP contribution < -0.4 is 16.0 Å². The molecule has 0 unspecified atom stereocenters. The molecular weight excluding hydrogens is 777 g/mol. The van der Waals surface area contributed by atoms with E-state index in [9.17, 15) is 24.3 Å². The third kappa shape index (κ3) is 8.89. The van der Waals surface area contributed by atoms with Gasteiger partial charge in [-0.25, -0.2) is 24.6 Å². The number of fused-ring (bicyclic) bond motifs is 5. The zero-order valence-electron chi connectivity index (χ0n) is 36.9. The van der Waals surface area contributed by atoms with Crippen LogP contribution in [0.1, 0.15) is 93.9 Å². The molecule has 14 nitrogen and oxygen atoms in total. The highest BCUT2D eigenvalue weighted by Crippen LogP contribution is 2.49. The second-order valence-corrected chi connectivity index (χ2v) is 17.0. The van der Waals surface area contributed by atoms with Gasteiger partial charge < -0.3 is 35.3 Å². The number of carbonyl (C=O) groups is 4. The fourth-order valence-corrected chi connectivity index (χ4v) is 8.70. The zero-order valence-corrected chi connectivity index (χ0v) is 36.9. The number of ether oxygens (including phenoxy) is 3. The van der Waals surface area contributed by atoms with Crippen LogP contribution >= 0.6 is 0 Å². The summed E-state index contributed by atoms with van der Waals surface area (Å²) in [4.78, 5) is 67.4. The molecule has 1 saturated heterocycles. The Morgan fingerprint density at radius 2 is 1.67 bits per heavy atom. The number of rotatable bonds is 13. The van der Waals surface area contributed by atoms with Gasteiger partial charge in [0.25, 0.3) is 0 Å². The van der Waals surface area contributed by atoms with Crippen molar-refractivity contribution >= 4 is 41.1 Å². The molecule has 4 N–H and O–H groups in total. The summed E-state index contributed by atoms with van der Waals surface area (Å²) in [5.41, 5.74) is 10.5. The number of allylic oxidation sites excluding steroid dienone is 11. The molecule has 1 aliphatic carbocycles. The summed E-state index contributed by atoms with van der Waals surface area (Å²) in [7, 11) is 2.56. The van der Waals surface area contributed by atoms with Gasteiger partial charge in [-0.2, -0.15) is 0 Å². The first-order valence-electron chi connectivity index (χ1n) is 21.0. The summed E-state index contributed by atoms with van der Waals surface area (Å²) < 4.78 is 15.6. The van der Waals surface area contributed by atoms with Crippen molar-refractivity contribution in [2.75, 3.05) is 20.8 Å². The maximum atomic E-state index is 13.7. The van der Waals surface area contributed by atoms with E-state index in [4.69, 9.17) is 29.2 Å². The van der Waals surface area contributed by atoms with Gasteiger partial charge in [0.05, 0.1) is 48.4 Å². The predicted molar refractivity (Wildman–Crippen MR) is 234 cm³/mol. The highest BCUT2D eigenvalue weighted by molar-refractivity contribution is 6.24. The zero-order chi connectivity index (χ0) is 44.5. The number of hydrogen-bond acceptors (Lipinski definition) is 12. The van der Waals surface area contributed by atoms with E-state index in [1.165, 1.54) is 14.2 Å². The number of unbranched alkanes of at least 4 members (excludes halogenated alkanes) is 1. The third-order valence-corrected chi connectivity index (χ3v) is 12.0. The first-order valence-corrected chi connectivity index (χ1v) is 21.0. The van der Waals surface area contributed by atoms with E-state index in [2.05, 4.69) is 36.4 Å². The average Bonchev–Trinajstić information content (AvgIpc) is 3.95. The molecule has 8 bridgehead atoms. The van der Waals surface area contributed by atoms with Crippen molar-refractivity contribution in [3.05, 3.63) is 104 Å². The first kappa shape index (κ1) is 44.5. The molecule has 0 aromatic carbocycles. The van der Waals surface area contributed by atoms with Crippen molar-refractivity contribution in [2.45, 2.75) is 106 Å². The van der Waals surface area contributed by atoms with Gasteiger partial charge in [0.15, 0.2) is 0 Å². The Hall–Kier alpha value is -6.05. The van der Waals surface area contributed by atoms with E-state index in [0.717, 1.165) is 57.2 Å². The smallest absolute Gasteiger partial charge is 0.407 e. The van der Waals surface area contributed by atoms with Crippen molar-refractivity contribution < 1.29 is 38.5 Å². The predicted octanol–water partition coefficient (Wildman–Crippen LogP) is 7.38. The summed E-state index contributed by atoms with van der Waals surface area (Å²) in [5, 5.41) is 21.1. The minimum absolute atomic E-state index is 0.0314. The van der Waals surface area contributed by atoms with E-state index >= 15 is 0 Å². The Morgan fingerprint density at radius 3 is 2.33 bits per heavy atom. The van der Waals surface area contributed by atoms with Gasteiger partial charge in [0, 0.05) is 52.9 Å². The molecule has 0 spiro atoms. The maximum absolute atomic E-state index is 13.7. The molecular formula is C47H58N6O8. The van der Waals surface area contributed by atoms with Crippen molar-refractivity contribution in [1.82, 2.24) is 16.0 Å². The van der Waals surface area contributed by atoms with Crippen molar-refractivity contribution in [3.63, 3.8) is 0 Å². The second kappa shape index (κ2) is 17.9. The fraction of sp³-hybridized carbons (Fsp3) is 0.468. The lowest BCUT2D eigenvalue weighted by molar-refractivity contribution is -0.145. The molecule has 4 atom stereocenters. The quantitative estimate of drug-likeness (QED) is 0.0834. The molecule has 5 heterocycles. The van der Waals surface area contributed by atoms with Gasteiger partial charge >= 0.3 is 18.0 Å². The monoisotopic (exact) mass is 834 g/mol. The standard InChI is InChI=1S/C47H58N6O8/c1-12-27-23(3)31-20-33-25(5)29(17-18-37(54)51-30(44(56)59-10)16-14-15-19-48-46(58)61-47(7,8)9)41(52-33)39-40(45(57)60-11)43(55)38-26(6)34(53-42(38)39)22-36-28(13-2)24(4)32(50-36)21-35(27)49-31/h12,20-22,25,29-30,40,52,55H,1,13-19H2,2-11H3,(H,48,58)(H,51,54)/t25-,29-,30-,40+/m0/s1. The molecule has 5 aliphatic heterocycles. The number of carbonyl (C=O) groups excluding carboxylic acids is 4. The van der Waals surface area contributed by atoms with Crippen LogP contribution in [0.15, 0.2) is 119 Å². The Kier molecular flexibility index (Phi) is 13.1. The van der Waals surface area contributed by atoms with Crippen LogP contribution in [-0.2, 0) is 28.6 Å². The lowest BCUT2D eigenvalue weighted by atomic mass is 9.84. The Bertz CT molecular complexity index is 2320. The normalized spacial score (nSPS) is 22.3. The maximum Gasteiger partial charge on any atom is 0.407 e. The summed E-state index contributed by atoms with van der Waals surface area (Å²) in [6.07, 6.45) is 9.66. The Balaban J connectivity index is 1.35. The fourth-order valence-electron chi connectivity index (χ4n) is 8.70. The van der Waals surface area contributed by atoms with E-state index < -0.39 is 35.6 Å². The van der Waals surface area contributed by atoms with Crippen LogP contribution in [0.5, 0.6) is 0 Å². The van der Waals surface area contributed by atoms with Crippen molar-refractivity contribution in [1.29, 1.82) is 0 Å². The van der Waals surface area contributed by atoms with Gasteiger partial charge in [0.1, 0.15) is 23.3 Å². The number of alkyl carbamates (subject to hydrolysis) is 1. The van der Waals surface area contributed by atoms with Crippen LogP contribution in [0.2, 0.25) is 0 Å². The molecule has 0 aromatic rings. The summed E-state index contributed by atoms with van der Waals surface area (Å²) in [5.74, 6) is -3.44. The van der Waals surface area contributed by atoms with Crippen LogP contribution in [0, 0.1) is 17.8 Å². The van der Waals surface area contributed by atoms with Gasteiger partial charge in [-0.05, 0) is 114 Å². The number of aliphatic hydroxyl groups excluding tert-OH is 1. The number of aliphatic hydroxyl groups is 1. The van der Waals surface area contributed by atoms with Gasteiger partial charge in [0.2, 0.25) is 5.91 Å². The Labute approximate surface area is 357 Å². The first-order chi connectivity index (χ1) is 28.9. The second-order valence-electron chi connectivity index (χ2n) is 17.0. The van der Waals surface area contributed by atoms with Crippen molar-refractivity contribution in [3.8, 4) is 0 Å². The molecule has 61 heavy (non-hydrogen) atoms. The minimum atomic E-state index is -1.16. The van der Waals surface area contributed by atoms with E-state index in [-0.39, 0.29) is 29.9 Å². The van der Waals surface area contributed by atoms with E-state index in [0.29, 0.717) is 66.1 Å². The summed E-state index contributed by atoms with van der Waals surface area (Å²) in [6.45, 7) is 19.9. The number of nitrogens with zero attached hydrogens (tertiary/aromatic N) is 3. The largest absolute Gasteiger partial charge is 0.510 e. The molecule has 6 rings (SSSR count). The highest BCUT2D eigenvalue weighted by Gasteiger charge is 2.49.